The molecule has 0 spiro atoms. The van der Waals surface area contributed by atoms with Crippen molar-refractivity contribution >= 4 is 17.7 Å². The second-order valence-corrected chi connectivity index (χ2v) is 3.02. The van der Waals surface area contributed by atoms with E-state index in [-0.39, 0.29) is 0 Å². The summed E-state index contributed by atoms with van der Waals surface area (Å²) in [5.74, 6) is 0. The minimum absolute atomic E-state index is 0.546. The van der Waals surface area contributed by atoms with Crippen LogP contribution >= 0.6 is 11.6 Å². The third-order valence-electron chi connectivity index (χ3n) is 1.69. The standard InChI is InChI=1S/C10H12ClN/c1-8-4-2-6-10(11)9(8)5-3-7-12/h2-6H,7,12H2,1H3/b5-3+. The topological polar surface area (TPSA) is 26.0 Å². The fourth-order valence-electron chi connectivity index (χ4n) is 1.04. The predicted octanol–water partition coefficient (Wildman–Crippen LogP) is 2.62. The molecule has 1 rings (SSSR count). The predicted molar refractivity (Wildman–Crippen MR) is 54.3 cm³/mol. The molecule has 0 radical (unpaired) electrons. The van der Waals surface area contributed by atoms with Gasteiger partial charge in [0.15, 0.2) is 0 Å². The van der Waals surface area contributed by atoms with Crippen molar-refractivity contribution in [2.45, 2.75) is 6.92 Å². The van der Waals surface area contributed by atoms with Gasteiger partial charge in [0, 0.05) is 11.6 Å². The highest BCUT2D eigenvalue weighted by molar-refractivity contribution is 6.32. The van der Waals surface area contributed by atoms with E-state index >= 15 is 0 Å². The number of nitrogens with two attached hydrogens (primary N) is 1. The van der Waals surface area contributed by atoms with Crippen molar-refractivity contribution in [1.29, 1.82) is 0 Å². The van der Waals surface area contributed by atoms with E-state index in [9.17, 15) is 0 Å². The van der Waals surface area contributed by atoms with Crippen molar-refractivity contribution in [2.24, 2.45) is 5.73 Å². The third-order valence-corrected chi connectivity index (χ3v) is 2.02. The minimum atomic E-state index is 0.546. The molecular weight excluding hydrogens is 170 g/mol. The fourth-order valence-corrected chi connectivity index (χ4v) is 1.33. The summed E-state index contributed by atoms with van der Waals surface area (Å²) in [4.78, 5) is 0. The Hall–Kier alpha value is -0.790. The summed E-state index contributed by atoms with van der Waals surface area (Å²) >= 11 is 5.97. The number of hydrogen-bond donors (Lipinski definition) is 1. The quantitative estimate of drug-likeness (QED) is 0.746. The molecule has 1 nitrogen and oxygen atoms in total. The summed E-state index contributed by atoms with van der Waals surface area (Å²) in [5, 5.41) is 0.778. The maximum atomic E-state index is 5.97. The Balaban J connectivity index is 3.04. The first kappa shape index (κ1) is 9.30. The van der Waals surface area contributed by atoms with Crippen LogP contribution in [-0.2, 0) is 0 Å². The van der Waals surface area contributed by atoms with E-state index in [1.807, 2.05) is 37.3 Å². The molecule has 2 N–H and O–H groups in total. The van der Waals surface area contributed by atoms with E-state index in [2.05, 4.69) is 0 Å². The van der Waals surface area contributed by atoms with Gasteiger partial charge in [0.25, 0.3) is 0 Å². The molecule has 0 fully saturated rings. The van der Waals surface area contributed by atoms with Crippen LogP contribution in [0.5, 0.6) is 0 Å². The van der Waals surface area contributed by atoms with Gasteiger partial charge in [-0.05, 0) is 24.1 Å². The van der Waals surface area contributed by atoms with Crippen LogP contribution in [-0.4, -0.2) is 6.54 Å². The van der Waals surface area contributed by atoms with Gasteiger partial charge in [0.1, 0.15) is 0 Å². The van der Waals surface area contributed by atoms with Crippen LogP contribution in [0.15, 0.2) is 24.3 Å². The summed E-state index contributed by atoms with van der Waals surface area (Å²) in [6.07, 6.45) is 3.85. The van der Waals surface area contributed by atoms with Gasteiger partial charge in [-0.3, -0.25) is 0 Å². The molecule has 0 aliphatic rings. The molecule has 0 aliphatic carbocycles. The molecule has 0 heterocycles. The average Bonchev–Trinajstić information content (AvgIpc) is 2.04. The monoisotopic (exact) mass is 181 g/mol. The van der Waals surface area contributed by atoms with Crippen LogP contribution in [0.3, 0.4) is 0 Å². The molecule has 12 heavy (non-hydrogen) atoms. The van der Waals surface area contributed by atoms with Crippen LogP contribution in [0, 0.1) is 6.92 Å². The Morgan fingerprint density at radius 3 is 2.83 bits per heavy atom. The Labute approximate surface area is 77.8 Å². The number of halogens is 1. The van der Waals surface area contributed by atoms with Crippen molar-refractivity contribution < 1.29 is 0 Å². The molecule has 0 unspecified atom stereocenters. The lowest BCUT2D eigenvalue weighted by Crippen LogP contribution is -1.92. The molecule has 0 amide bonds. The molecule has 0 saturated carbocycles. The van der Waals surface area contributed by atoms with E-state index in [0.29, 0.717) is 6.54 Å². The highest BCUT2D eigenvalue weighted by Gasteiger charge is 1.97. The van der Waals surface area contributed by atoms with Gasteiger partial charge in [-0.2, -0.15) is 0 Å². The van der Waals surface area contributed by atoms with Gasteiger partial charge in [-0.15, -0.1) is 0 Å². The second-order valence-electron chi connectivity index (χ2n) is 2.61. The number of aryl methyl sites for hydroxylation is 1. The summed E-state index contributed by atoms with van der Waals surface area (Å²) in [5.41, 5.74) is 7.58. The lowest BCUT2D eigenvalue weighted by molar-refractivity contribution is 1.26. The first-order chi connectivity index (χ1) is 5.75. The first-order valence-electron chi connectivity index (χ1n) is 3.87. The maximum absolute atomic E-state index is 5.97. The van der Waals surface area contributed by atoms with Gasteiger partial charge in [-0.1, -0.05) is 35.9 Å². The Morgan fingerprint density at radius 2 is 2.25 bits per heavy atom. The lowest BCUT2D eigenvalue weighted by atomic mass is 10.1. The summed E-state index contributed by atoms with van der Waals surface area (Å²) < 4.78 is 0. The van der Waals surface area contributed by atoms with E-state index < -0.39 is 0 Å². The van der Waals surface area contributed by atoms with Crippen molar-refractivity contribution in [1.82, 2.24) is 0 Å². The van der Waals surface area contributed by atoms with E-state index in [1.165, 1.54) is 5.56 Å². The zero-order valence-electron chi connectivity index (χ0n) is 7.05. The highest BCUT2D eigenvalue weighted by Crippen LogP contribution is 2.20. The zero-order valence-corrected chi connectivity index (χ0v) is 7.81. The molecule has 0 aromatic heterocycles. The van der Waals surface area contributed by atoms with Gasteiger partial charge in [-0.25, -0.2) is 0 Å². The van der Waals surface area contributed by atoms with Crippen molar-refractivity contribution in [3.05, 3.63) is 40.4 Å². The van der Waals surface area contributed by atoms with Gasteiger partial charge < -0.3 is 5.73 Å². The van der Waals surface area contributed by atoms with Crippen LogP contribution in [0.2, 0.25) is 5.02 Å². The fraction of sp³-hybridized carbons (Fsp3) is 0.200. The summed E-state index contributed by atoms with van der Waals surface area (Å²) in [7, 11) is 0. The first-order valence-corrected chi connectivity index (χ1v) is 4.25. The smallest absolute Gasteiger partial charge is 0.0480 e. The molecule has 64 valence electrons. The normalized spacial score (nSPS) is 10.9. The number of rotatable bonds is 2. The molecule has 0 bridgehead atoms. The van der Waals surface area contributed by atoms with E-state index in [0.717, 1.165) is 10.6 Å². The van der Waals surface area contributed by atoms with Crippen LogP contribution in [0.25, 0.3) is 6.08 Å². The largest absolute Gasteiger partial charge is 0.327 e. The molecular formula is C10H12ClN. The SMILES string of the molecule is Cc1cccc(Cl)c1/C=C/CN. The lowest BCUT2D eigenvalue weighted by Gasteiger charge is -2.01. The average molecular weight is 182 g/mol. The molecule has 1 aromatic rings. The molecule has 2 heteroatoms. The second kappa shape index (κ2) is 4.29. The van der Waals surface area contributed by atoms with Gasteiger partial charge in [0.2, 0.25) is 0 Å². The minimum Gasteiger partial charge on any atom is -0.327 e. The Bertz CT molecular complexity index is 272. The van der Waals surface area contributed by atoms with Gasteiger partial charge >= 0.3 is 0 Å². The summed E-state index contributed by atoms with van der Waals surface area (Å²) in [6, 6.07) is 5.85. The highest BCUT2D eigenvalue weighted by atomic mass is 35.5. The number of benzene rings is 1. The molecule has 0 atom stereocenters. The number of hydrogen-bond acceptors (Lipinski definition) is 1. The van der Waals surface area contributed by atoms with Crippen LogP contribution in [0.4, 0.5) is 0 Å². The summed E-state index contributed by atoms with van der Waals surface area (Å²) in [6.45, 7) is 2.58. The van der Waals surface area contributed by atoms with Crippen LogP contribution in [0.1, 0.15) is 11.1 Å². The third kappa shape index (κ3) is 2.10. The van der Waals surface area contributed by atoms with Gasteiger partial charge in [0.05, 0.1) is 0 Å². The van der Waals surface area contributed by atoms with E-state index in [1.54, 1.807) is 0 Å². The maximum Gasteiger partial charge on any atom is 0.0480 e. The molecule has 0 aliphatic heterocycles. The van der Waals surface area contributed by atoms with Crippen LogP contribution < -0.4 is 5.73 Å². The molecule has 0 saturated heterocycles. The van der Waals surface area contributed by atoms with E-state index in [4.69, 9.17) is 17.3 Å². The van der Waals surface area contributed by atoms with Crippen molar-refractivity contribution in [3.63, 3.8) is 0 Å². The zero-order chi connectivity index (χ0) is 8.97. The Morgan fingerprint density at radius 1 is 1.50 bits per heavy atom. The van der Waals surface area contributed by atoms with Crippen molar-refractivity contribution in [3.8, 4) is 0 Å². The Kier molecular flexibility index (Phi) is 3.32. The molecule has 1 aromatic carbocycles. The van der Waals surface area contributed by atoms with Crippen molar-refractivity contribution in [2.75, 3.05) is 6.54 Å².